The Balaban J connectivity index is 2.65. The molecule has 0 aliphatic carbocycles. The van der Waals surface area contributed by atoms with E-state index in [0.29, 0.717) is 0 Å². The second-order valence-electron chi connectivity index (χ2n) is 3.14. The van der Waals surface area contributed by atoms with Crippen molar-refractivity contribution in [2.75, 3.05) is 6.61 Å². The molecule has 72 valence electrons. The van der Waals surface area contributed by atoms with Crippen molar-refractivity contribution in [2.45, 2.75) is 6.10 Å². The maximum absolute atomic E-state index is 9.56. The Morgan fingerprint density at radius 1 is 1.29 bits per heavy atom. The average Bonchev–Trinajstić information content (AvgIpc) is 2.27. The van der Waals surface area contributed by atoms with Gasteiger partial charge in [-0.2, -0.15) is 0 Å². The first kappa shape index (κ1) is 9.12. The maximum atomic E-state index is 9.56. The van der Waals surface area contributed by atoms with Crippen LogP contribution in [0.2, 0.25) is 0 Å². The molecule has 1 aromatic heterocycles. The third-order valence-electron chi connectivity index (χ3n) is 2.25. The normalized spacial score (nSPS) is 13.0. The minimum atomic E-state index is -0.818. The van der Waals surface area contributed by atoms with E-state index in [0.717, 1.165) is 16.3 Å². The highest BCUT2D eigenvalue weighted by Gasteiger charge is 2.08. The van der Waals surface area contributed by atoms with E-state index < -0.39 is 6.10 Å². The second-order valence-corrected chi connectivity index (χ2v) is 3.14. The summed E-state index contributed by atoms with van der Waals surface area (Å²) in [5.74, 6) is 0. The highest BCUT2D eigenvalue weighted by atomic mass is 16.3. The Morgan fingerprint density at radius 3 is 2.93 bits per heavy atom. The number of fused-ring (bicyclic) bond motifs is 1. The molecular weight excluding hydrogens is 178 g/mol. The van der Waals surface area contributed by atoms with Crippen LogP contribution in [0, 0.1) is 0 Å². The van der Waals surface area contributed by atoms with E-state index in [2.05, 4.69) is 4.98 Å². The summed E-state index contributed by atoms with van der Waals surface area (Å²) in [5, 5.41) is 20.3. The van der Waals surface area contributed by atoms with Gasteiger partial charge in [0.15, 0.2) is 0 Å². The molecule has 1 aromatic carbocycles. The number of aliphatic hydroxyl groups excluding tert-OH is 2. The predicted molar refractivity (Wildman–Crippen MR) is 53.8 cm³/mol. The third kappa shape index (κ3) is 1.47. The highest BCUT2D eigenvalue weighted by Crippen LogP contribution is 2.22. The van der Waals surface area contributed by atoms with Crippen molar-refractivity contribution in [3.63, 3.8) is 0 Å². The van der Waals surface area contributed by atoms with Gasteiger partial charge in [-0.05, 0) is 17.0 Å². The zero-order chi connectivity index (χ0) is 9.97. The number of aromatic nitrogens is 1. The fourth-order valence-electron chi connectivity index (χ4n) is 1.54. The molecule has 3 heteroatoms. The predicted octanol–water partition coefficient (Wildman–Crippen LogP) is 1.26. The van der Waals surface area contributed by atoms with Crippen LogP contribution in [0.25, 0.3) is 10.8 Å². The van der Waals surface area contributed by atoms with E-state index in [1.54, 1.807) is 12.4 Å². The molecule has 0 spiro atoms. The first-order chi connectivity index (χ1) is 6.83. The number of hydrogen-bond acceptors (Lipinski definition) is 3. The smallest absolute Gasteiger partial charge is 0.103 e. The van der Waals surface area contributed by atoms with Crippen molar-refractivity contribution in [2.24, 2.45) is 0 Å². The van der Waals surface area contributed by atoms with Crippen LogP contribution in [0.5, 0.6) is 0 Å². The van der Waals surface area contributed by atoms with E-state index >= 15 is 0 Å². The molecule has 0 aliphatic heterocycles. The lowest BCUT2D eigenvalue weighted by atomic mass is 10.0. The van der Waals surface area contributed by atoms with Crippen LogP contribution < -0.4 is 0 Å². The van der Waals surface area contributed by atoms with Crippen molar-refractivity contribution in [1.82, 2.24) is 4.98 Å². The topological polar surface area (TPSA) is 53.4 Å². The minimum Gasteiger partial charge on any atom is -0.393 e. The summed E-state index contributed by atoms with van der Waals surface area (Å²) in [6.45, 7) is -0.262. The first-order valence-corrected chi connectivity index (χ1v) is 4.44. The lowest BCUT2D eigenvalue weighted by Gasteiger charge is -2.10. The number of nitrogens with zero attached hydrogens (tertiary/aromatic N) is 1. The zero-order valence-electron chi connectivity index (χ0n) is 7.59. The number of aliphatic hydroxyl groups is 2. The summed E-state index contributed by atoms with van der Waals surface area (Å²) in [4.78, 5) is 4.00. The molecule has 14 heavy (non-hydrogen) atoms. The molecule has 0 saturated heterocycles. The van der Waals surface area contributed by atoms with Gasteiger partial charge in [-0.1, -0.05) is 18.2 Å². The monoisotopic (exact) mass is 189 g/mol. The second kappa shape index (κ2) is 3.74. The summed E-state index contributed by atoms with van der Waals surface area (Å²) in [6, 6.07) is 7.42. The van der Waals surface area contributed by atoms with Gasteiger partial charge in [0.1, 0.15) is 6.10 Å². The zero-order valence-corrected chi connectivity index (χ0v) is 7.59. The van der Waals surface area contributed by atoms with Gasteiger partial charge in [0, 0.05) is 17.8 Å². The summed E-state index contributed by atoms with van der Waals surface area (Å²) in [7, 11) is 0. The molecule has 2 aromatic rings. The Bertz CT molecular complexity index is 437. The van der Waals surface area contributed by atoms with Gasteiger partial charge in [-0.3, -0.25) is 4.98 Å². The molecule has 1 unspecified atom stereocenters. The van der Waals surface area contributed by atoms with E-state index in [1.807, 2.05) is 24.3 Å². The third-order valence-corrected chi connectivity index (χ3v) is 2.25. The van der Waals surface area contributed by atoms with Crippen molar-refractivity contribution in [1.29, 1.82) is 0 Å². The number of pyridine rings is 1. The summed E-state index contributed by atoms with van der Waals surface area (Å²) in [6.07, 6.45) is 2.60. The van der Waals surface area contributed by atoms with Crippen molar-refractivity contribution < 1.29 is 10.2 Å². The van der Waals surface area contributed by atoms with Gasteiger partial charge < -0.3 is 10.2 Å². The van der Waals surface area contributed by atoms with Gasteiger partial charge in [0.25, 0.3) is 0 Å². The standard InChI is InChI=1S/C11H11NO2/c13-7-11(14)10-3-1-2-8-6-12-5-4-9(8)10/h1-6,11,13-14H,7H2. The maximum Gasteiger partial charge on any atom is 0.103 e. The molecule has 0 amide bonds. The Kier molecular flexibility index (Phi) is 2.43. The van der Waals surface area contributed by atoms with Crippen LogP contribution in [0.1, 0.15) is 11.7 Å². The Hall–Kier alpha value is -1.45. The van der Waals surface area contributed by atoms with E-state index in [1.165, 1.54) is 0 Å². The van der Waals surface area contributed by atoms with Crippen LogP contribution >= 0.6 is 0 Å². The summed E-state index contributed by atoms with van der Waals surface area (Å²) in [5.41, 5.74) is 0.743. The van der Waals surface area contributed by atoms with Gasteiger partial charge in [-0.25, -0.2) is 0 Å². The van der Waals surface area contributed by atoms with Crippen LogP contribution in [0.3, 0.4) is 0 Å². The van der Waals surface area contributed by atoms with E-state index in [4.69, 9.17) is 5.11 Å². The lowest BCUT2D eigenvalue weighted by molar-refractivity contribution is 0.0967. The molecule has 0 bridgehead atoms. The molecule has 0 saturated carbocycles. The fraction of sp³-hybridized carbons (Fsp3) is 0.182. The van der Waals surface area contributed by atoms with Crippen LogP contribution in [-0.2, 0) is 0 Å². The molecule has 0 radical (unpaired) electrons. The SMILES string of the molecule is OCC(O)c1cccc2cnccc12. The van der Waals surface area contributed by atoms with Gasteiger partial charge >= 0.3 is 0 Å². The molecule has 2 N–H and O–H groups in total. The van der Waals surface area contributed by atoms with Gasteiger partial charge in [-0.15, -0.1) is 0 Å². The largest absolute Gasteiger partial charge is 0.393 e. The molecule has 0 aliphatic rings. The van der Waals surface area contributed by atoms with Crippen LogP contribution in [0.15, 0.2) is 36.7 Å². The van der Waals surface area contributed by atoms with Crippen molar-refractivity contribution >= 4 is 10.8 Å². The van der Waals surface area contributed by atoms with Gasteiger partial charge in [0.2, 0.25) is 0 Å². The Morgan fingerprint density at radius 2 is 2.14 bits per heavy atom. The number of benzene rings is 1. The quantitative estimate of drug-likeness (QED) is 0.747. The Labute approximate surface area is 81.7 Å². The average molecular weight is 189 g/mol. The highest BCUT2D eigenvalue weighted by molar-refractivity contribution is 5.85. The van der Waals surface area contributed by atoms with Gasteiger partial charge in [0.05, 0.1) is 6.61 Å². The lowest BCUT2D eigenvalue weighted by Crippen LogP contribution is -2.02. The molecule has 1 heterocycles. The van der Waals surface area contributed by atoms with Crippen LogP contribution in [0.4, 0.5) is 0 Å². The molecule has 0 fully saturated rings. The molecule has 1 atom stereocenters. The number of rotatable bonds is 2. The minimum absolute atomic E-state index is 0.262. The molecule has 3 nitrogen and oxygen atoms in total. The van der Waals surface area contributed by atoms with Crippen LogP contribution in [-0.4, -0.2) is 21.8 Å². The van der Waals surface area contributed by atoms with Crippen molar-refractivity contribution in [3.8, 4) is 0 Å². The van der Waals surface area contributed by atoms with Crippen molar-refractivity contribution in [3.05, 3.63) is 42.2 Å². The summed E-state index contributed by atoms with van der Waals surface area (Å²) >= 11 is 0. The van der Waals surface area contributed by atoms with E-state index in [9.17, 15) is 5.11 Å². The fourth-order valence-corrected chi connectivity index (χ4v) is 1.54. The first-order valence-electron chi connectivity index (χ1n) is 4.44. The number of hydrogen-bond donors (Lipinski definition) is 2. The molecule has 2 rings (SSSR count). The molecular formula is C11H11NO2. The van der Waals surface area contributed by atoms with E-state index in [-0.39, 0.29) is 6.61 Å². The summed E-state index contributed by atoms with van der Waals surface area (Å²) < 4.78 is 0.